The molecule has 0 amide bonds. The molecule has 0 spiro atoms. The van der Waals surface area contributed by atoms with Crippen LogP contribution >= 0.6 is 0 Å². The molecule has 0 atom stereocenters. The molecular formula is C13H28N4O2S. The first-order valence-electron chi connectivity index (χ1n) is 7.43. The van der Waals surface area contributed by atoms with Crippen molar-refractivity contribution in [3.05, 3.63) is 0 Å². The third kappa shape index (κ3) is 8.37. The van der Waals surface area contributed by atoms with E-state index in [0.717, 1.165) is 19.6 Å². The molecule has 0 radical (unpaired) electrons. The Morgan fingerprint density at radius 3 is 2.50 bits per heavy atom. The van der Waals surface area contributed by atoms with Gasteiger partial charge in [0.05, 0.1) is 12.3 Å². The van der Waals surface area contributed by atoms with Gasteiger partial charge >= 0.3 is 0 Å². The standard InChI is InChI=1S/C13H28N4O2S/c1-3-14-13(16-8-12-20(2,18)19)15-7-11-17-9-5-4-6-10-17/h3-12H2,1-2H3,(H2,14,15,16). The van der Waals surface area contributed by atoms with Gasteiger partial charge in [-0.15, -0.1) is 0 Å². The summed E-state index contributed by atoms with van der Waals surface area (Å²) in [6.07, 6.45) is 5.16. The van der Waals surface area contributed by atoms with E-state index in [1.54, 1.807) is 0 Å². The summed E-state index contributed by atoms with van der Waals surface area (Å²) in [5.74, 6) is 0.831. The molecule has 6 nitrogen and oxygen atoms in total. The molecule has 7 heteroatoms. The van der Waals surface area contributed by atoms with E-state index in [1.807, 2.05) is 6.92 Å². The number of piperidine rings is 1. The predicted octanol–water partition coefficient (Wildman–Crippen LogP) is 0.0720. The summed E-state index contributed by atoms with van der Waals surface area (Å²) < 4.78 is 22.2. The van der Waals surface area contributed by atoms with Crippen LogP contribution in [0, 0.1) is 0 Å². The van der Waals surface area contributed by atoms with Crippen LogP contribution in [0.15, 0.2) is 4.99 Å². The molecule has 20 heavy (non-hydrogen) atoms. The van der Waals surface area contributed by atoms with Crippen LogP contribution in [0.4, 0.5) is 0 Å². The van der Waals surface area contributed by atoms with E-state index < -0.39 is 9.84 Å². The fraction of sp³-hybridized carbons (Fsp3) is 0.923. The highest BCUT2D eigenvalue weighted by Gasteiger charge is 2.09. The largest absolute Gasteiger partial charge is 0.357 e. The third-order valence-electron chi connectivity index (χ3n) is 3.24. The number of aliphatic imine (C=N–C) groups is 1. The molecule has 0 unspecified atom stereocenters. The Morgan fingerprint density at radius 1 is 1.20 bits per heavy atom. The van der Waals surface area contributed by atoms with Crippen molar-refractivity contribution >= 4 is 15.8 Å². The molecule has 1 rings (SSSR count). The molecule has 0 aliphatic carbocycles. The van der Waals surface area contributed by atoms with Crippen LogP contribution in [0.2, 0.25) is 0 Å². The van der Waals surface area contributed by atoms with E-state index in [4.69, 9.17) is 0 Å². The molecule has 0 aromatic carbocycles. The number of hydrogen-bond donors (Lipinski definition) is 2. The van der Waals surface area contributed by atoms with Crippen LogP contribution in [0.25, 0.3) is 0 Å². The smallest absolute Gasteiger partial charge is 0.191 e. The fourth-order valence-electron chi connectivity index (χ4n) is 2.18. The van der Waals surface area contributed by atoms with Gasteiger partial charge in [-0.2, -0.15) is 0 Å². The van der Waals surface area contributed by atoms with Gasteiger partial charge in [0.2, 0.25) is 0 Å². The molecule has 0 saturated carbocycles. The van der Waals surface area contributed by atoms with Crippen LogP contribution in [-0.2, 0) is 9.84 Å². The van der Waals surface area contributed by atoms with Crippen LogP contribution < -0.4 is 10.6 Å². The first-order valence-corrected chi connectivity index (χ1v) is 9.49. The molecule has 2 N–H and O–H groups in total. The Bertz CT molecular complexity index is 389. The second kappa shape index (κ2) is 9.18. The third-order valence-corrected chi connectivity index (χ3v) is 4.19. The molecule has 0 aromatic heterocycles. The summed E-state index contributed by atoms with van der Waals surface area (Å²) in [6.45, 7) is 7.24. The summed E-state index contributed by atoms with van der Waals surface area (Å²) >= 11 is 0. The zero-order valence-electron chi connectivity index (χ0n) is 12.7. The Kier molecular flexibility index (Phi) is 7.91. The Hall–Kier alpha value is -0.820. The average molecular weight is 304 g/mol. The van der Waals surface area contributed by atoms with Crippen LogP contribution in [-0.4, -0.2) is 70.6 Å². The maximum Gasteiger partial charge on any atom is 0.191 e. The topological polar surface area (TPSA) is 73.8 Å². The lowest BCUT2D eigenvalue weighted by atomic mass is 10.1. The molecular weight excluding hydrogens is 276 g/mol. The number of likely N-dealkylation sites (tertiary alicyclic amines) is 1. The van der Waals surface area contributed by atoms with E-state index in [2.05, 4.69) is 20.5 Å². The van der Waals surface area contributed by atoms with Gasteiger partial charge in [-0.3, -0.25) is 4.99 Å². The van der Waals surface area contributed by atoms with Gasteiger partial charge in [0.15, 0.2) is 5.96 Å². The zero-order valence-corrected chi connectivity index (χ0v) is 13.5. The maximum absolute atomic E-state index is 11.1. The van der Waals surface area contributed by atoms with Gasteiger partial charge < -0.3 is 15.5 Å². The number of hydrogen-bond acceptors (Lipinski definition) is 4. The normalized spacial score (nSPS) is 18.0. The average Bonchev–Trinajstić information content (AvgIpc) is 2.38. The molecule has 1 aliphatic heterocycles. The lowest BCUT2D eigenvalue weighted by Gasteiger charge is -2.25. The zero-order chi connectivity index (χ0) is 14.8. The van der Waals surface area contributed by atoms with E-state index in [-0.39, 0.29) is 5.75 Å². The second-order valence-electron chi connectivity index (χ2n) is 5.22. The van der Waals surface area contributed by atoms with Gasteiger partial charge in [0.1, 0.15) is 9.84 Å². The lowest BCUT2D eigenvalue weighted by molar-refractivity contribution is 0.235. The van der Waals surface area contributed by atoms with Crippen LogP contribution in [0.1, 0.15) is 26.2 Å². The summed E-state index contributed by atoms with van der Waals surface area (Å²) in [7, 11) is -2.93. The van der Waals surface area contributed by atoms with Crippen molar-refractivity contribution in [3.8, 4) is 0 Å². The van der Waals surface area contributed by atoms with E-state index in [9.17, 15) is 8.42 Å². The first kappa shape index (κ1) is 17.2. The van der Waals surface area contributed by atoms with E-state index in [1.165, 1.54) is 38.6 Å². The van der Waals surface area contributed by atoms with Crippen molar-refractivity contribution in [2.45, 2.75) is 26.2 Å². The molecule has 1 heterocycles. The Labute approximate surface area is 122 Å². The van der Waals surface area contributed by atoms with Crippen LogP contribution in [0.3, 0.4) is 0 Å². The quantitative estimate of drug-likeness (QED) is 0.514. The van der Waals surface area contributed by atoms with Crippen molar-refractivity contribution in [2.24, 2.45) is 4.99 Å². The molecule has 1 fully saturated rings. The minimum Gasteiger partial charge on any atom is -0.357 e. The number of nitrogens with one attached hydrogen (secondary N) is 2. The van der Waals surface area contributed by atoms with Crippen molar-refractivity contribution < 1.29 is 8.42 Å². The number of guanidine groups is 1. The summed E-state index contributed by atoms with van der Waals surface area (Å²) in [5.41, 5.74) is 0. The number of sulfone groups is 1. The van der Waals surface area contributed by atoms with Gasteiger partial charge in [0.25, 0.3) is 0 Å². The number of nitrogens with zero attached hydrogens (tertiary/aromatic N) is 2. The molecule has 1 aliphatic rings. The predicted molar refractivity (Wildman–Crippen MR) is 84.0 cm³/mol. The molecule has 118 valence electrons. The van der Waals surface area contributed by atoms with Crippen molar-refractivity contribution in [1.82, 2.24) is 15.5 Å². The summed E-state index contributed by atoms with van der Waals surface area (Å²) in [6, 6.07) is 0. The van der Waals surface area contributed by atoms with Gasteiger partial charge in [0, 0.05) is 25.9 Å². The summed E-state index contributed by atoms with van der Waals surface area (Å²) in [4.78, 5) is 6.92. The Balaban J connectivity index is 2.29. The van der Waals surface area contributed by atoms with Crippen molar-refractivity contribution in [2.75, 3.05) is 51.3 Å². The first-order chi connectivity index (χ1) is 9.51. The molecule has 1 saturated heterocycles. The summed E-state index contributed by atoms with van der Waals surface area (Å²) in [5, 5.41) is 6.19. The van der Waals surface area contributed by atoms with Gasteiger partial charge in [-0.25, -0.2) is 8.42 Å². The minimum absolute atomic E-state index is 0.129. The fourth-order valence-corrected chi connectivity index (χ4v) is 2.66. The lowest BCUT2D eigenvalue weighted by Crippen LogP contribution is -2.40. The highest BCUT2D eigenvalue weighted by atomic mass is 32.2. The molecule has 0 bridgehead atoms. The van der Waals surface area contributed by atoms with Gasteiger partial charge in [-0.1, -0.05) is 6.42 Å². The van der Waals surface area contributed by atoms with E-state index >= 15 is 0 Å². The van der Waals surface area contributed by atoms with Crippen molar-refractivity contribution in [3.63, 3.8) is 0 Å². The Morgan fingerprint density at radius 2 is 1.90 bits per heavy atom. The maximum atomic E-state index is 11.1. The van der Waals surface area contributed by atoms with Crippen LogP contribution in [0.5, 0.6) is 0 Å². The van der Waals surface area contributed by atoms with Gasteiger partial charge in [-0.05, 0) is 32.9 Å². The second-order valence-corrected chi connectivity index (χ2v) is 7.48. The van der Waals surface area contributed by atoms with Crippen molar-refractivity contribution in [1.29, 1.82) is 0 Å². The number of rotatable bonds is 7. The highest BCUT2D eigenvalue weighted by molar-refractivity contribution is 7.90. The highest BCUT2D eigenvalue weighted by Crippen LogP contribution is 2.07. The molecule has 0 aromatic rings. The minimum atomic E-state index is -2.93. The monoisotopic (exact) mass is 304 g/mol. The SMILES string of the molecule is CCNC(=NCCN1CCCCC1)NCCS(C)(=O)=O. The van der Waals surface area contributed by atoms with E-state index in [0.29, 0.717) is 12.5 Å².